The molecule has 1 saturated heterocycles. The van der Waals surface area contributed by atoms with Crippen molar-refractivity contribution in [1.29, 1.82) is 0 Å². The number of piperazine rings is 1. The lowest BCUT2D eigenvalue weighted by molar-refractivity contribution is 0.228. The van der Waals surface area contributed by atoms with Crippen molar-refractivity contribution in [2.75, 3.05) is 32.7 Å². The summed E-state index contributed by atoms with van der Waals surface area (Å²) in [4.78, 5) is 11.8. The molecular formula is C10H18N4O. The average Bonchev–Trinajstić information content (AvgIpc) is 2.33. The Kier molecular flexibility index (Phi) is 5.50. The van der Waals surface area contributed by atoms with Crippen LogP contribution < -0.4 is 16.4 Å². The number of rotatable bonds is 0. The van der Waals surface area contributed by atoms with E-state index in [0.29, 0.717) is 6.54 Å². The SMILES string of the molecule is C1CNCCN1.NC(=O)N1C=CC=CC1. The molecule has 2 rings (SSSR count). The number of primary amides is 1. The van der Waals surface area contributed by atoms with Gasteiger partial charge in [0.25, 0.3) is 0 Å². The molecule has 4 N–H and O–H groups in total. The van der Waals surface area contributed by atoms with Crippen molar-refractivity contribution in [3.63, 3.8) is 0 Å². The van der Waals surface area contributed by atoms with Gasteiger partial charge in [-0.3, -0.25) is 4.90 Å². The van der Waals surface area contributed by atoms with Crippen LogP contribution in [0.3, 0.4) is 0 Å². The molecule has 0 unspecified atom stereocenters. The number of carbonyl (C=O) groups excluding carboxylic acids is 1. The summed E-state index contributed by atoms with van der Waals surface area (Å²) in [6.07, 6.45) is 7.17. The zero-order chi connectivity index (χ0) is 10.9. The zero-order valence-electron chi connectivity index (χ0n) is 8.78. The van der Waals surface area contributed by atoms with Crippen LogP contribution >= 0.6 is 0 Å². The van der Waals surface area contributed by atoms with Crippen LogP contribution in [-0.4, -0.2) is 43.7 Å². The molecule has 2 amide bonds. The van der Waals surface area contributed by atoms with Gasteiger partial charge in [0.1, 0.15) is 0 Å². The molecule has 0 aromatic heterocycles. The Bertz CT molecular complexity index is 234. The fourth-order valence-electron chi connectivity index (χ4n) is 1.23. The summed E-state index contributed by atoms with van der Waals surface area (Å²) in [6, 6.07) is -0.407. The summed E-state index contributed by atoms with van der Waals surface area (Å²) >= 11 is 0. The van der Waals surface area contributed by atoms with Crippen LogP contribution in [0.1, 0.15) is 0 Å². The summed E-state index contributed by atoms with van der Waals surface area (Å²) in [5.74, 6) is 0. The molecule has 2 heterocycles. The average molecular weight is 210 g/mol. The molecule has 1 fully saturated rings. The van der Waals surface area contributed by atoms with E-state index in [0.717, 1.165) is 26.2 Å². The van der Waals surface area contributed by atoms with Crippen molar-refractivity contribution >= 4 is 6.03 Å². The fraction of sp³-hybridized carbons (Fsp3) is 0.500. The number of amides is 2. The van der Waals surface area contributed by atoms with Gasteiger partial charge in [-0.25, -0.2) is 4.79 Å². The van der Waals surface area contributed by atoms with Crippen molar-refractivity contribution in [1.82, 2.24) is 15.5 Å². The molecule has 15 heavy (non-hydrogen) atoms. The lowest BCUT2D eigenvalue weighted by Gasteiger charge is -2.14. The number of nitrogens with one attached hydrogen (secondary N) is 2. The molecule has 5 heteroatoms. The van der Waals surface area contributed by atoms with Crippen molar-refractivity contribution < 1.29 is 4.79 Å². The topological polar surface area (TPSA) is 70.4 Å². The quantitative estimate of drug-likeness (QED) is 0.511. The molecule has 0 bridgehead atoms. The van der Waals surface area contributed by atoms with Crippen LogP contribution in [0.25, 0.3) is 0 Å². The highest BCUT2D eigenvalue weighted by molar-refractivity contribution is 5.73. The van der Waals surface area contributed by atoms with E-state index < -0.39 is 6.03 Å². The van der Waals surface area contributed by atoms with Crippen molar-refractivity contribution in [3.05, 3.63) is 24.4 Å². The van der Waals surface area contributed by atoms with Crippen molar-refractivity contribution in [3.8, 4) is 0 Å². The molecule has 0 saturated carbocycles. The van der Waals surface area contributed by atoms with E-state index in [1.54, 1.807) is 12.3 Å². The number of allylic oxidation sites excluding steroid dienone is 2. The van der Waals surface area contributed by atoms with E-state index in [1.807, 2.05) is 12.2 Å². The summed E-state index contributed by atoms with van der Waals surface area (Å²) in [6.45, 7) is 5.14. The highest BCUT2D eigenvalue weighted by Gasteiger charge is 2.03. The van der Waals surface area contributed by atoms with Crippen LogP contribution in [0.2, 0.25) is 0 Å². The van der Waals surface area contributed by atoms with Crippen LogP contribution in [0.4, 0.5) is 4.79 Å². The van der Waals surface area contributed by atoms with Crippen LogP contribution in [0, 0.1) is 0 Å². The smallest absolute Gasteiger partial charge is 0.319 e. The third-order valence-electron chi connectivity index (χ3n) is 2.06. The van der Waals surface area contributed by atoms with E-state index in [1.165, 1.54) is 4.90 Å². The van der Waals surface area contributed by atoms with Gasteiger partial charge >= 0.3 is 6.03 Å². The van der Waals surface area contributed by atoms with E-state index in [-0.39, 0.29) is 0 Å². The van der Waals surface area contributed by atoms with Crippen LogP contribution in [-0.2, 0) is 0 Å². The van der Waals surface area contributed by atoms with Crippen molar-refractivity contribution in [2.45, 2.75) is 0 Å². The fourth-order valence-corrected chi connectivity index (χ4v) is 1.23. The van der Waals surface area contributed by atoms with Gasteiger partial charge in [-0.2, -0.15) is 0 Å². The Morgan fingerprint density at radius 3 is 2.00 bits per heavy atom. The number of hydrogen-bond donors (Lipinski definition) is 3. The van der Waals surface area contributed by atoms with Gasteiger partial charge in [-0.15, -0.1) is 0 Å². The highest BCUT2D eigenvalue weighted by Crippen LogP contribution is 1.95. The predicted molar refractivity (Wildman–Crippen MR) is 60.3 cm³/mol. The molecule has 0 spiro atoms. The van der Waals surface area contributed by atoms with Gasteiger partial charge in [0.2, 0.25) is 0 Å². The summed E-state index contributed by atoms with van der Waals surface area (Å²) in [5.41, 5.74) is 4.97. The standard InChI is InChI=1S/C6H8N2O.C4H10N2/c7-6(9)8-4-2-1-3-5-8;1-2-6-4-3-5-1/h1-4H,5H2,(H2,7,9);5-6H,1-4H2. The molecule has 2 aliphatic heterocycles. The molecule has 0 atom stereocenters. The van der Waals surface area contributed by atoms with Gasteiger partial charge in [0.15, 0.2) is 0 Å². The number of hydrogen-bond acceptors (Lipinski definition) is 3. The van der Waals surface area contributed by atoms with E-state index in [4.69, 9.17) is 5.73 Å². The third kappa shape index (κ3) is 5.19. The van der Waals surface area contributed by atoms with Gasteiger partial charge in [0, 0.05) is 38.9 Å². The minimum atomic E-state index is -0.407. The number of urea groups is 1. The summed E-state index contributed by atoms with van der Waals surface area (Å²) in [5, 5.41) is 6.44. The van der Waals surface area contributed by atoms with Crippen LogP contribution in [0.15, 0.2) is 24.4 Å². The number of nitrogens with two attached hydrogens (primary N) is 1. The largest absolute Gasteiger partial charge is 0.351 e. The molecule has 0 radical (unpaired) electrons. The molecule has 0 aromatic rings. The number of nitrogens with zero attached hydrogens (tertiary/aromatic N) is 1. The Morgan fingerprint density at radius 1 is 1.13 bits per heavy atom. The second-order valence-corrected chi connectivity index (χ2v) is 3.26. The van der Waals surface area contributed by atoms with Gasteiger partial charge in [0.05, 0.1) is 0 Å². The molecule has 84 valence electrons. The van der Waals surface area contributed by atoms with Crippen LogP contribution in [0.5, 0.6) is 0 Å². The monoisotopic (exact) mass is 210 g/mol. The maximum absolute atomic E-state index is 10.4. The van der Waals surface area contributed by atoms with E-state index in [2.05, 4.69) is 10.6 Å². The maximum atomic E-state index is 10.4. The van der Waals surface area contributed by atoms with Gasteiger partial charge in [-0.1, -0.05) is 12.2 Å². The minimum Gasteiger partial charge on any atom is -0.351 e. The van der Waals surface area contributed by atoms with E-state index >= 15 is 0 Å². The van der Waals surface area contributed by atoms with Gasteiger partial charge < -0.3 is 16.4 Å². The Balaban J connectivity index is 0.000000162. The Labute approximate surface area is 90.0 Å². The lowest BCUT2D eigenvalue weighted by Crippen LogP contribution is -2.39. The lowest BCUT2D eigenvalue weighted by atomic mass is 10.4. The predicted octanol–water partition coefficient (Wildman–Crippen LogP) is -0.370. The Morgan fingerprint density at radius 2 is 1.73 bits per heavy atom. The second kappa shape index (κ2) is 7.03. The highest BCUT2D eigenvalue weighted by atomic mass is 16.2. The summed E-state index contributed by atoms with van der Waals surface area (Å²) in [7, 11) is 0. The minimum absolute atomic E-state index is 0.407. The first kappa shape index (κ1) is 11.7. The molecular weight excluding hydrogens is 192 g/mol. The Hall–Kier alpha value is -1.33. The molecule has 5 nitrogen and oxygen atoms in total. The second-order valence-electron chi connectivity index (χ2n) is 3.26. The first-order valence-corrected chi connectivity index (χ1v) is 5.11. The zero-order valence-corrected chi connectivity index (χ0v) is 8.78. The molecule has 0 aliphatic carbocycles. The summed E-state index contributed by atoms with van der Waals surface area (Å²) < 4.78 is 0. The third-order valence-corrected chi connectivity index (χ3v) is 2.06. The maximum Gasteiger partial charge on any atom is 0.319 e. The normalized spacial score (nSPS) is 19.3. The van der Waals surface area contributed by atoms with Crippen molar-refractivity contribution in [2.24, 2.45) is 5.73 Å². The molecule has 0 aromatic carbocycles. The van der Waals surface area contributed by atoms with Gasteiger partial charge in [-0.05, 0) is 6.08 Å². The molecule has 2 aliphatic rings. The first-order valence-electron chi connectivity index (χ1n) is 5.11. The number of carbonyl (C=O) groups is 1. The first-order chi connectivity index (χ1) is 7.30. The van der Waals surface area contributed by atoms with E-state index in [9.17, 15) is 4.79 Å².